The topological polar surface area (TPSA) is 30.7 Å². The minimum absolute atomic E-state index is 0. The van der Waals surface area contributed by atoms with Gasteiger partial charge in [0.25, 0.3) is 0 Å². The summed E-state index contributed by atoms with van der Waals surface area (Å²) >= 11 is 0. The Morgan fingerprint density at radius 1 is 0.764 bits per heavy atom. The van der Waals surface area contributed by atoms with E-state index in [4.69, 9.17) is 14.6 Å². The minimum atomic E-state index is -4.66. The zero-order valence-corrected chi connectivity index (χ0v) is 33.8. The Balaban J connectivity index is 0.000000234. The first-order valence-electron chi connectivity index (χ1n) is 21.1. The third-order valence-corrected chi connectivity index (χ3v) is 9.08. The zero-order valence-electron chi connectivity index (χ0n) is 38.4. The van der Waals surface area contributed by atoms with Gasteiger partial charge in [0, 0.05) is 41.6 Å². The first-order valence-corrected chi connectivity index (χ1v) is 17.6. The maximum absolute atomic E-state index is 13.3. The van der Waals surface area contributed by atoms with E-state index in [2.05, 4.69) is 17.1 Å². The Morgan fingerprint density at radius 2 is 1.44 bits per heavy atom. The number of aromatic nitrogens is 3. The Bertz CT molecular complexity index is 2580. The first kappa shape index (κ1) is 32.4. The van der Waals surface area contributed by atoms with Gasteiger partial charge in [-0.25, -0.2) is 0 Å². The molecule has 0 atom stereocenters. The van der Waals surface area contributed by atoms with Crippen LogP contribution >= 0.6 is 0 Å². The van der Waals surface area contributed by atoms with E-state index in [1.807, 2.05) is 105 Å². The van der Waals surface area contributed by atoms with Crippen molar-refractivity contribution >= 4 is 11.0 Å². The number of imidazole rings is 1. The number of pyridine rings is 1. The van der Waals surface area contributed by atoms with Gasteiger partial charge in [0.2, 0.25) is 0 Å². The molecule has 1 radical (unpaired) electrons. The summed E-state index contributed by atoms with van der Waals surface area (Å²) in [6, 6.07) is 41.7. The maximum atomic E-state index is 13.3. The van der Waals surface area contributed by atoms with Crippen LogP contribution in [0.15, 0.2) is 128 Å². The van der Waals surface area contributed by atoms with Crippen LogP contribution in [0.1, 0.15) is 85.2 Å². The Morgan fingerprint density at radius 3 is 2.00 bits per heavy atom. The van der Waals surface area contributed by atoms with Gasteiger partial charge >= 0.3 is 6.18 Å². The second-order valence-electron chi connectivity index (χ2n) is 14.0. The molecule has 7 aromatic rings. The number of para-hydroxylation sites is 3. The molecule has 0 spiro atoms. The molecule has 7 rings (SSSR count). The van der Waals surface area contributed by atoms with Crippen molar-refractivity contribution in [2.24, 2.45) is 5.41 Å². The van der Waals surface area contributed by atoms with Crippen LogP contribution in [-0.4, -0.2) is 20.7 Å². The average molecular weight is 921 g/mol. The van der Waals surface area contributed by atoms with Crippen molar-refractivity contribution in [1.29, 1.82) is 0 Å². The third kappa shape index (κ3) is 9.35. The summed E-state index contributed by atoms with van der Waals surface area (Å²) in [6.07, 6.45) is -5.54. The van der Waals surface area contributed by atoms with Crippen molar-refractivity contribution in [3.05, 3.63) is 162 Å². The van der Waals surface area contributed by atoms with Crippen LogP contribution in [0, 0.1) is 24.4 Å². The number of halogens is 3. The third-order valence-electron chi connectivity index (χ3n) is 9.08. The Hall–Kier alpha value is -4.84. The van der Waals surface area contributed by atoms with E-state index in [0.717, 1.165) is 64.1 Å². The average Bonchev–Trinajstić information content (AvgIpc) is 3.59. The van der Waals surface area contributed by atoms with E-state index in [1.54, 1.807) is 36.5 Å². The summed E-state index contributed by atoms with van der Waals surface area (Å²) in [6.45, 7) is 6.89. The number of benzene rings is 5. The number of fused-ring (bicyclic) bond motifs is 1. The monoisotopic (exact) mass is 921 g/mol. The van der Waals surface area contributed by atoms with Crippen LogP contribution in [-0.2, 0) is 26.5 Å². The number of hydrogen-bond donors (Lipinski definition) is 0. The molecule has 0 bridgehead atoms. The Kier molecular flexibility index (Phi) is 10.2. The number of hydrogen-bond acceptors (Lipinski definition) is 2. The molecule has 0 amide bonds. The molecule has 0 fully saturated rings. The molecule has 0 saturated carbocycles. The van der Waals surface area contributed by atoms with Gasteiger partial charge in [-0.15, -0.1) is 71.3 Å². The second-order valence-corrected chi connectivity index (χ2v) is 14.0. The van der Waals surface area contributed by atoms with Gasteiger partial charge < -0.3 is 9.55 Å². The molecule has 0 aliphatic rings. The summed E-state index contributed by atoms with van der Waals surface area (Å²) in [4.78, 5) is 9.28. The van der Waals surface area contributed by atoms with Gasteiger partial charge in [0.1, 0.15) is 0 Å². The fraction of sp³-hybridized carbons (Fsp3) is 0.250. The molecule has 55 heavy (non-hydrogen) atoms. The van der Waals surface area contributed by atoms with Crippen LogP contribution in [0.5, 0.6) is 0 Å². The predicted octanol–water partition coefficient (Wildman–Crippen LogP) is 13.4. The SMILES string of the molecule is [2H]C([2H])([2H])c1c[c-]c(-c2nc3ccccc3n2-c2c(C([2H])(C)C)cccc2C([2H])(C)C)cc1.[2H]C([2H])(c1ccc(-c2ccc(-c3[c-]cccc3)nc2)cc1)C(C)(C)C(F)(F)F.[Ir]. The van der Waals surface area contributed by atoms with E-state index >= 15 is 0 Å². The number of rotatable bonds is 8. The molecule has 285 valence electrons. The molecule has 3 nitrogen and oxygen atoms in total. The molecular formula is C48H46F3IrN3-2. The molecule has 0 saturated heterocycles. The molecular weight excluding hydrogens is 868 g/mol. The predicted molar refractivity (Wildman–Crippen MR) is 216 cm³/mol. The zero-order chi connectivity index (χ0) is 44.8. The van der Waals surface area contributed by atoms with Gasteiger partial charge in [-0.2, -0.15) is 13.2 Å². The molecule has 0 aliphatic carbocycles. The molecule has 0 unspecified atom stereocenters. The van der Waals surface area contributed by atoms with Crippen LogP contribution < -0.4 is 0 Å². The second kappa shape index (κ2) is 17.3. The van der Waals surface area contributed by atoms with Crippen LogP contribution in [0.25, 0.3) is 50.5 Å². The number of nitrogens with zero attached hydrogens (tertiary/aromatic N) is 3. The van der Waals surface area contributed by atoms with Gasteiger partial charge in [-0.1, -0.05) is 115 Å². The van der Waals surface area contributed by atoms with Crippen molar-refractivity contribution in [3.8, 4) is 39.5 Å². The Labute approximate surface area is 346 Å². The smallest absolute Gasteiger partial charge is 0.333 e. The summed E-state index contributed by atoms with van der Waals surface area (Å²) in [5.74, 6) is -1.25. The summed E-state index contributed by atoms with van der Waals surface area (Å²) in [7, 11) is 0. The fourth-order valence-electron chi connectivity index (χ4n) is 6.04. The maximum Gasteiger partial charge on any atom is 0.394 e. The minimum Gasteiger partial charge on any atom is -0.333 e. The van der Waals surface area contributed by atoms with Crippen LogP contribution in [0.2, 0.25) is 0 Å². The summed E-state index contributed by atoms with van der Waals surface area (Å²) < 4.78 is 98.6. The molecule has 2 heterocycles. The first-order chi connectivity index (χ1) is 28.3. The van der Waals surface area contributed by atoms with Crippen LogP contribution in [0.3, 0.4) is 0 Å². The van der Waals surface area contributed by atoms with E-state index in [9.17, 15) is 13.2 Å². The van der Waals surface area contributed by atoms with E-state index in [-0.39, 0.29) is 31.2 Å². The molecule has 7 heteroatoms. The molecule has 0 aliphatic heterocycles. The van der Waals surface area contributed by atoms with Gasteiger partial charge in [0.15, 0.2) is 0 Å². The number of alkyl halides is 3. The fourth-order valence-corrected chi connectivity index (χ4v) is 6.04. The van der Waals surface area contributed by atoms with Crippen LogP contribution in [0.4, 0.5) is 13.2 Å². The molecule has 5 aromatic carbocycles. The van der Waals surface area contributed by atoms with Gasteiger partial charge in [0.05, 0.1) is 22.3 Å². The van der Waals surface area contributed by atoms with Crippen molar-refractivity contribution in [1.82, 2.24) is 14.5 Å². The normalized spacial score (nSPS) is 14.5. The molecule has 2 aromatic heterocycles. The molecule has 0 N–H and O–H groups in total. The van der Waals surface area contributed by atoms with Crippen molar-refractivity contribution < 1.29 is 42.9 Å². The largest absolute Gasteiger partial charge is 0.394 e. The van der Waals surface area contributed by atoms with E-state index < -0.39 is 36.6 Å². The van der Waals surface area contributed by atoms with E-state index in [0.29, 0.717) is 11.4 Å². The quantitative estimate of drug-likeness (QED) is 0.142. The van der Waals surface area contributed by atoms with Crippen molar-refractivity contribution in [2.75, 3.05) is 0 Å². The summed E-state index contributed by atoms with van der Waals surface area (Å²) in [5, 5.41) is 0. The van der Waals surface area contributed by atoms with Crippen molar-refractivity contribution in [3.63, 3.8) is 0 Å². The standard InChI is InChI=1S/C26H27N2.C22H19F3N.Ir/c1-17(2)21-9-8-10-22(18(3)4)25(21)28-24-12-7-6-11-23(24)27-26(28)20-15-13-19(5)14-16-20;1-21(2,22(23,24)25)14-16-8-10-17(11-9-16)19-12-13-20(26-15-19)18-6-4-3-5-7-18;/h6-15,17-18H,1-5H3;3-6,8-13,15H,14H2,1-2H3;/q2*-1;/i5D3,17D,18D;14D2;. The van der Waals surface area contributed by atoms with Gasteiger partial charge in [-0.05, 0) is 63.8 Å². The number of aryl methyl sites for hydroxylation is 1. The van der Waals surface area contributed by atoms with Crippen molar-refractivity contribution in [2.45, 2.75) is 72.7 Å². The van der Waals surface area contributed by atoms with E-state index in [1.165, 1.54) is 18.2 Å². The summed E-state index contributed by atoms with van der Waals surface area (Å²) in [5.41, 5.74) is 5.45. The van der Waals surface area contributed by atoms with Gasteiger partial charge in [-0.3, -0.25) is 4.98 Å².